The Morgan fingerprint density at radius 1 is 1.25 bits per heavy atom. The molecule has 5 heterocycles. The van der Waals surface area contributed by atoms with Crippen molar-refractivity contribution in [3.8, 4) is 17.1 Å². The van der Waals surface area contributed by atoms with Crippen molar-refractivity contribution in [2.75, 3.05) is 13.2 Å². The molecule has 0 amide bonds. The highest BCUT2D eigenvalue weighted by Crippen LogP contribution is 2.35. The average molecular weight is 432 g/mol. The summed E-state index contributed by atoms with van der Waals surface area (Å²) in [5.41, 5.74) is 2.44. The third-order valence-corrected chi connectivity index (χ3v) is 6.66. The van der Waals surface area contributed by atoms with E-state index in [0.29, 0.717) is 41.1 Å². The summed E-state index contributed by atoms with van der Waals surface area (Å²) in [7, 11) is 1.84. The maximum absolute atomic E-state index is 13.3. The highest BCUT2D eigenvalue weighted by Gasteiger charge is 2.33. The summed E-state index contributed by atoms with van der Waals surface area (Å²) in [6.45, 7) is 3.20. The number of hydrogen-bond acceptors (Lipinski definition) is 7. The summed E-state index contributed by atoms with van der Waals surface area (Å²) in [6.07, 6.45) is 7.02. The molecule has 4 aromatic rings. The van der Waals surface area contributed by atoms with Crippen molar-refractivity contribution >= 4 is 21.8 Å². The molecule has 2 bridgehead atoms. The van der Waals surface area contributed by atoms with E-state index in [2.05, 4.69) is 20.4 Å². The quantitative estimate of drug-likeness (QED) is 0.499. The highest BCUT2D eigenvalue weighted by atomic mass is 16.5. The molecule has 6 rings (SSSR count). The molecule has 3 aromatic heterocycles. The van der Waals surface area contributed by atoms with E-state index in [1.54, 1.807) is 10.9 Å². The Bertz CT molecular complexity index is 1410. The number of benzene rings is 1. The van der Waals surface area contributed by atoms with Gasteiger partial charge in [-0.1, -0.05) is 0 Å². The number of fused-ring (bicyclic) bond motifs is 4. The second kappa shape index (κ2) is 7.11. The van der Waals surface area contributed by atoms with E-state index in [-0.39, 0.29) is 29.4 Å². The molecular formula is C23H24N6O3. The van der Waals surface area contributed by atoms with Crippen molar-refractivity contribution in [2.45, 2.75) is 37.9 Å². The Labute approximate surface area is 183 Å². The van der Waals surface area contributed by atoms with E-state index in [4.69, 9.17) is 4.74 Å². The van der Waals surface area contributed by atoms with Crippen LogP contribution in [-0.4, -0.2) is 54.7 Å². The SMILES string of the molecule is Cc1c(O)c(-c2ncc3c(=O)n([C@@H]4C[C@H]5COC[C@@H](C4)N5)ccc3n2)cc2cn(C)nc12. The van der Waals surface area contributed by atoms with E-state index >= 15 is 0 Å². The van der Waals surface area contributed by atoms with Crippen LogP contribution in [0.2, 0.25) is 0 Å². The van der Waals surface area contributed by atoms with Crippen molar-refractivity contribution in [2.24, 2.45) is 7.05 Å². The zero-order valence-corrected chi connectivity index (χ0v) is 17.9. The van der Waals surface area contributed by atoms with Crippen LogP contribution in [-0.2, 0) is 11.8 Å². The molecule has 9 heteroatoms. The van der Waals surface area contributed by atoms with Gasteiger partial charge in [0.05, 0.1) is 35.2 Å². The van der Waals surface area contributed by atoms with Gasteiger partial charge in [0.2, 0.25) is 0 Å². The molecule has 32 heavy (non-hydrogen) atoms. The number of hydrogen-bond donors (Lipinski definition) is 2. The van der Waals surface area contributed by atoms with Crippen molar-refractivity contribution < 1.29 is 9.84 Å². The Kier molecular flexibility index (Phi) is 4.31. The third-order valence-electron chi connectivity index (χ3n) is 6.66. The number of piperidine rings is 1. The van der Waals surface area contributed by atoms with Crippen LogP contribution in [0.4, 0.5) is 0 Å². The van der Waals surface area contributed by atoms with Gasteiger partial charge < -0.3 is 19.7 Å². The van der Waals surface area contributed by atoms with E-state index < -0.39 is 0 Å². The Balaban J connectivity index is 1.42. The normalized spacial score (nSPS) is 23.1. The number of aromatic hydroxyl groups is 1. The minimum Gasteiger partial charge on any atom is -0.507 e. The number of phenols is 1. The van der Waals surface area contributed by atoms with Crippen molar-refractivity contribution in [1.82, 2.24) is 29.6 Å². The summed E-state index contributed by atoms with van der Waals surface area (Å²) in [5, 5.41) is 20.1. The average Bonchev–Trinajstić information content (AvgIpc) is 3.16. The summed E-state index contributed by atoms with van der Waals surface area (Å²) in [4.78, 5) is 22.3. The molecule has 2 aliphatic rings. The smallest absolute Gasteiger partial charge is 0.261 e. The van der Waals surface area contributed by atoms with Crippen LogP contribution >= 0.6 is 0 Å². The van der Waals surface area contributed by atoms with Crippen molar-refractivity contribution in [3.05, 3.63) is 46.6 Å². The predicted molar refractivity (Wildman–Crippen MR) is 120 cm³/mol. The Morgan fingerprint density at radius 2 is 2.03 bits per heavy atom. The van der Waals surface area contributed by atoms with Crippen molar-refractivity contribution in [1.29, 1.82) is 0 Å². The lowest BCUT2D eigenvalue weighted by atomic mass is 9.92. The maximum Gasteiger partial charge on any atom is 0.261 e. The first-order valence-electron chi connectivity index (χ1n) is 10.9. The minimum absolute atomic E-state index is 0.0805. The van der Waals surface area contributed by atoms with Crippen LogP contribution in [0.3, 0.4) is 0 Å². The van der Waals surface area contributed by atoms with Crippen LogP contribution in [0.15, 0.2) is 35.5 Å². The maximum atomic E-state index is 13.3. The summed E-state index contributed by atoms with van der Waals surface area (Å²) in [5.74, 6) is 0.488. The standard InChI is InChI=1S/C23H24N6O3/c1-12-20-13(9-28(2)27-20)5-17(21(12)30)22-24-8-18-19(26-22)3-4-29(23(18)31)16-6-14-10-32-11-15(7-16)25-14/h3-5,8-9,14-16,25,30H,6-7,10-11H2,1-2H3/t14-,15+,16+. The Hall–Kier alpha value is -3.30. The molecule has 2 N–H and O–H groups in total. The van der Waals surface area contributed by atoms with Gasteiger partial charge in [-0.3, -0.25) is 9.48 Å². The summed E-state index contributed by atoms with van der Waals surface area (Å²) >= 11 is 0. The van der Waals surface area contributed by atoms with Gasteiger partial charge in [-0.25, -0.2) is 9.97 Å². The zero-order chi connectivity index (χ0) is 22.0. The lowest BCUT2D eigenvalue weighted by Crippen LogP contribution is -2.54. The van der Waals surface area contributed by atoms with Crippen LogP contribution in [0, 0.1) is 6.92 Å². The molecule has 0 saturated carbocycles. The second-order valence-electron chi connectivity index (χ2n) is 8.88. The fraction of sp³-hybridized carbons (Fsp3) is 0.391. The molecule has 2 fully saturated rings. The van der Waals surface area contributed by atoms with Gasteiger partial charge in [0.25, 0.3) is 5.56 Å². The molecule has 0 aliphatic carbocycles. The number of phenolic OH excluding ortho intramolecular Hbond substituents is 1. The van der Waals surface area contributed by atoms with Gasteiger partial charge in [0, 0.05) is 54.7 Å². The molecule has 164 valence electrons. The summed E-state index contributed by atoms with van der Waals surface area (Å²) in [6, 6.07) is 4.39. The number of aromatic nitrogens is 5. The van der Waals surface area contributed by atoms with E-state index in [9.17, 15) is 9.90 Å². The molecule has 0 spiro atoms. The predicted octanol–water partition coefficient (Wildman–Crippen LogP) is 2.05. The Morgan fingerprint density at radius 3 is 2.81 bits per heavy atom. The van der Waals surface area contributed by atoms with Crippen LogP contribution in [0.1, 0.15) is 24.4 Å². The van der Waals surface area contributed by atoms with E-state index in [1.807, 2.05) is 43.1 Å². The molecule has 0 radical (unpaired) electrons. The molecular weight excluding hydrogens is 408 g/mol. The minimum atomic E-state index is -0.0805. The third kappa shape index (κ3) is 3.00. The largest absolute Gasteiger partial charge is 0.507 e. The topological polar surface area (TPSA) is 107 Å². The fourth-order valence-electron chi connectivity index (χ4n) is 5.11. The number of nitrogens with zero attached hydrogens (tertiary/aromatic N) is 5. The zero-order valence-electron chi connectivity index (χ0n) is 17.9. The summed E-state index contributed by atoms with van der Waals surface area (Å²) < 4.78 is 9.16. The molecule has 2 saturated heterocycles. The number of ether oxygens (including phenoxy) is 1. The van der Waals surface area contributed by atoms with Gasteiger partial charge >= 0.3 is 0 Å². The van der Waals surface area contributed by atoms with Gasteiger partial charge in [0.1, 0.15) is 5.75 Å². The van der Waals surface area contributed by atoms with Gasteiger partial charge in [-0.05, 0) is 31.9 Å². The van der Waals surface area contributed by atoms with Crippen LogP contribution in [0.5, 0.6) is 5.75 Å². The number of aryl methyl sites for hydroxylation is 2. The number of pyridine rings is 1. The second-order valence-corrected chi connectivity index (χ2v) is 8.88. The lowest BCUT2D eigenvalue weighted by molar-refractivity contribution is 0.00975. The van der Waals surface area contributed by atoms with Crippen LogP contribution < -0.4 is 10.9 Å². The molecule has 9 nitrogen and oxygen atoms in total. The number of rotatable bonds is 2. The fourth-order valence-corrected chi connectivity index (χ4v) is 5.11. The molecule has 3 atom stereocenters. The molecule has 2 aliphatic heterocycles. The van der Waals surface area contributed by atoms with Crippen LogP contribution in [0.25, 0.3) is 33.2 Å². The lowest BCUT2D eigenvalue weighted by Gasteiger charge is -2.40. The molecule has 0 unspecified atom stereocenters. The first kappa shape index (κ1) is 19.4. The first-order chi connectivity index (χ1) is 15.5. The monoisotopic (exact) mass is 432 g/mol. The van der Waals surface area contributed by atoms with E-state index in [1.165, 1.54) is 0 Å². The first-order valence-corrected chi connectivity index (χ1v) is 10.9. The van der Waals surface area contributed by atoms with Crippen molar-refractivity contribution in [3.63, 3.8) is 0 Å². The van der Waals surface area contributed by atoms with E-state index in [0.717, 1.165) is 23.7 Å². The van der Waals surface area contributed by atoms with Gasteiger partial charge in [-0.15, -0.1) is 0 Å². The van der Waals surface area contributed by atoms with Gasteiger partial charge in [-0.2, -0.15) is 5.10 Å². The molecule has 1 aromatic carbocycles. The highest BCUT2D eigenvalue weighted by molar-refractivity contribution is 5.90. The van der Waals surface area contributed by atoms with Gasteiger partial charge in [0.15, 0.2) is 5.82 Å². The number of nitrogens with one attached hydrogen (secondary N) is 1. The number of morpholine rings is 1.